The smallest absolute Gasteiger partial charge is 0.196 e. The summed E-state index contributed by atoms with van der Waals surface area (Å²) in [4.78, 5) is 12.7. The summed E-state index contributed by atoms with van der Waals surface area (Å²) in [5, 5.41) is 3.29. The van der Waals surface area contributed by atoms with E-state index in [-0.39, 0.29) is 5.78 Å². The molecule has 0 atom stereocenters. The molecular weight excluding hydrogens is 266 g/mol. The van der Waals surface area contributed by atoms with Crippen LogP contribution >= 0.6 is 0 Å². The van der Waals surface area contributed by atoms with Crippen molar-refractivity contribution in [3.05, 3.63) is 53.1 Å². The van der Waals surface area contributed by atoms with Crippen LogP contribution in [0.4, 0.5) is 5.69 Å². The number of anilines is 1. The molecule has 1 N–H and O–H groups in total. The molecule has 1 aliphatic rings. The lowest BCUT2D eigenvalue weighted by Gasteiger charge is -2.10. The number of methoxy groups -OCH3 is 2. The lowest BCUT2D eigenvalue weighted by atomic mass is 10.00. The second-order valence-electron chi connectivity index (χ2n) is 4.94. The van der Waals surface area contributed by atoms with Gasteiger partial charge in [-0.1, -0.05) is 12.1 Å². The quantitative estimate of drug-likeness (QED) is 0.876. The van der Waals surface area contributed by atoms with Crippen LogP contribution in [0.2, 0.25) is 0 Å². The van der Waals surface area contributed by atoms with Gasteiger partial charge in [-0.3, -0.25) is 4.79 Å². The Morgan fingerprint density at radius 1 is 1.10 bits per heavy atom. The molecule has 1 aliphatic heterocycles. The maximum atomic E-state index is 12.7. The minimum atomic E-state index is -0.0674. The molecule has 2 aromatic rings. The zero-order valence-corrected chi connectivity index (χ0v) is 12.1. The van der Waals surface area contributed by atoms with Crippen LogP contribution in [0.15, 0.2) is 36.4 Å². The molecule has 0 amide bonds. The molecule has 0 saturated carbocycles. The molecule has 0 radical (unpaired) electrons. The Bertz CT molecular complexity index is 694. The zero-order valence-electron chi connectivity index (χ0n) is 12.1. The van der Waals surface area contributed by atoms with E-state index in [9.17, 15) is 4.79 Å². The minimum absolute atomic E-state index is 0.0674. The first-order chi connectivity index (χ1) is 10.2. The molecule has 0 spiro atoms. The number of hydrogen-bond acceptors (Lipinski definition) is 4. The highest BCUT2D eigenvalue weighted by atomic mass is 16.5. The van der Waals surface area contributed by atoms with Crippen molar-refractivity contribution in [3.63, 3.8) is 0 Å². The van der Waals surface area contributed by atoms with E-state index in [4.69, 9.17) is 9.47 Å². The molecule has 2 aromatic carbocycles. The third-order valence-corrected chi connectivity index (χ3v) is 3.73. The van der Waals surface area contributed by atoms with Crippen LogP contribution in [0.3, 0.4) is 0 Å². The number of rotatable bonds is 4. The Morgan fingerprint density at radius 3 is 2.71 bits per heavy atom. The van der Waals surface area contributed by atoms with Crippen molar-refractivity contribution in [1.29, 1.82) is 0 Å². The lowest BCUT2D eigenvalue weighted by molar-refractivity contribution is 0.103. The Morgan fingerprint density at radius 2 is 1.95 bits per heavy atom. The molecule has 0 saturated heterocycles. The number of fused-ring (bicyclic) bond motifs is 1. The molecule has 0 unspecified atom stereocenters. The SMILES string of the molecule is COc1ccc(OC)c(C(=O)c2ccc3c(c2)NCC3)c1. The zero-order chi connectivity index (χ0) is 14.8. The number of carbonyl (C=O) groups is 1. The standard InChI is InChI=1S/C17H17NO3/c1-20-13-5-6-16(21-2)14(10-13)17(19)12-4-3-11-7-8-18-15(11)9-12/h3-6,9-10,18H,7-8H2,1-2H3. The first kappa shape index (κ1) is 13.5. The Labute approximate surface area is 123 Å². The van der Waals surface area contributed by atoms with Gasteiger partial charge in [-0.25, -0.2) is 0 Å². The fourth-order valence-electron chi connectivity index (χ4n) is 2.58. The van der Waals surface area contributed by atoms with Crippen molar-refractivity contribution in [2.75, 3.05) is 26.1 Å². The number of benzene rings is 2. The lowest BCUT2D eigenvalue weighted by Crippen LogP contribution is -2.05. The van der Waals surface area contributed by atoms with Crippen molar-refractivity contribution < 1.29 is 14.3 Å². The van der Waals surface area contributed by atoms with Crippen LogP contribution in [-0.4, -0.2) is 26.5 Å². The van der Waals surface area contributed by atoms with E-state index in [0.29, 0.717) is 22.6 Å². The summed E-state index contributed by atoms with van der Waals surface area (Å²) < 4.78 is 10.5. The van der Waals surface area contributed by atoms with Crippen molar-refractivity contribution in [2.24, 2.45) is 0 Å². The van der Waals surface area contributed by atoms with E-state index in [2.05, 4.69) is 5.32 Å². The monoisotopic (exact) mass is 283 g/mol. The van der Waals surface area contributed by atoms with Crippen molar-refractivity contribution in [2.45, 2.75) is 6.42 Å². The second kappa shape index (κ2) is 5.48. The van der Waals surface area contributed by atoms with Crippen molar-refractivity contribution in [1.82, 2.24) is 0 Å². The number of carbonyl (C=O) groups excluding carboxylic acids is 1. The highest BCUT2D eigenvalue weighted by molar-refractivity contribution is 6.11. The summed E-state index contributed by atoms with van der Waals surface area (Å²) in [6, 6.07) is 11.0. The molecule has 108 valence electrons. The average molecular weight is 283 g/mol. The Hall–Kier alpha value is -2.49. The summed E-state index contributed by atoms with van der Waals surface area (Å²) in [5.41, 5.74) is 3.45. The van der Waals surface area contributed by atoms with E-state index < -0.39 is 0 Å². The molecule has 0 aromatic heterocycles. The molecule has 21 heavy (non-hydrogen) atoms. The molecular formula is C17H17NO3. The number of nitrogens with one attached hydrogen (secondary N) is 1. The Balaban J connectivity index is 2.01. The maximum absolute atomic E-state index is 12.7. The normalized spacial score (nSPS) is 12.5. The summed E-state index contributed by atoms with van der Waals surface area (Å²) in [6.45, 7) is 0.926. The van der Waals surface area contributed by atoms with E-state index in [0.717, 1.165) is 18.7 Å². The molecule has 4 nitrogen and oxygen atoms in total. The van der Waals surface area contributed by atoms with Crippen molar-refractivity contribution >= 4 is 11.5 Å². The van der Waals surface area contributed by atoms with Gasteiger partial charge in [-0.15, -0.1) is 0 Å². The van der Waals surface area contributed by atoms with Crippen LogP contribution in [0.1, 0.15) is 21.5 Å². The van der Waals surface area contributed by atoms with E-state index >= 15 is 0 Å². The van der Waals surface area contributed by atoms with Crippen molar-refractivity contribution in [3.8, 4) is 11.5 Å². The summed E-state index contributed by atoms with van der Waals surface area (Å²) in [7, 11) is 3.14. The third-order valence-electron chi connectivity index (χ3n) is 3.73. The molecule has 4 heteroatoms. The van der Waals surface area contributed by atoms with Crippen LogP contribution in [0, 0.1) is 0 Å². The molecule has 1 heterocycles. The minimum Gasteiger partial charge on any atom is -0.497 e. The van der Waals surface area contributed by atoms with Crippen LogP contribution in [0.5, 0.6) is 11.5 Å². The average Bonchev–Trinajstić information content (AvgIpc) is 3.01. The van der Waals surface area contributed by atoms with Gasteiger partial charge < -0.3 is 14.8 Å². The first-order valence-electron chi connectivity index (χ1n) is 6.86. The number of ether oxygens (including phenoxy) is 2. The van der Waals surface area contributed by atoms with Gasteiger partial charge in [-0.2, -0.15) is 0 Å². The Kier molecular flexibility index (Phi) is 3.52. The van der Waals surface area contributed by atoms with Crippen LogP contribution in [-0.2, 0) is 6.42 Å². The highest BCUT2D eigenvalue weighted by Gasteiger charge is 2.18. The third kappa shape index (κ3) is 2.44. The first-order valence-corrected chi connectivity index (χ1v) is 6.86. The van der Waals surface area contributed by atoms with E-state index in [1.54, 1.807) is 32.4 Å². The molecule has 0 bridgehead atoms. The summed E-state index contributed by atoms with van der Waals surface area (Å²) in [5.74, 6) is 1.12. The van der Waals surface area contributed by atoms with E-state index in [1.165, 1.54) is 5.56 Å². The molecule has 3 rings (SSSR count). The van der Waals surface area contributed by atoms with Gasteiger partial charge in [0.05, 0.1) is 19.8 Å². The topological polar surface area (TPSA) is 47.6 Å². The summed E-state index contributed by atoms with van der Waals surface area (Å²) in [6.07, 6.45) is 1.01. The van der Waals surface area contributed by atoms with Gasteiger partial charge >= 0.3 is 0 Å². The van der Waals surface area contributed by atoms with Gasteiger partial charge in [0.25, 0.3) is 0 Å². The van der Waals surface area contributed by atoms with Crippen LogP contribution < -0.4 is 14.8 Å². The van der Waals surface area contributed by atoms with Gasteiger partial charge in [0.1, 0.15) is 11.5 Å². The molecule has 0 fully saturated rings. The summed E-state index contributed by atoms with van der Waals surface area (Å²) >= 11 is 0. The maximum Gasteiger partial charge on any atom is 0.196 e. The number of ketones is 1. The highest BCUT2D eigenvalue weighted by Crippen LogP contribution is 2.29. The van der Waals surface area contributed by atoms with E-state index in [1.807, 2.05) is 18.2 Å². The largest absolute Gasteiger partial charge is 0.497 e. The fraction of sp³-hybridized carbons (Fsp3) is 0.235. The van der Waals surface area contributed by atoms with Gasteiger partial charge in [0, 0.05) is 17.8 Å². The van der Waals surface area contributed by atoms with Crippen LogP contribution in [0.25, 0.3) is 0 Å². The predicted molar refractivity (Wildman–Crippen MR) is 81.6 cm³/mol. The van der Waals surface area contributed by atoms with Gasteiger partial charge in [-0.05, 0) is 36.2 Å². The predicted octanol–water partition coefficient (Wildman–Crippen LogP) is 2.90. The number of hydrogen-bond donors (Lipinski definition) is 1. The van der Waals surface area contributed by atoms with Gasteiger partial charge in [0.2, 0.25) is 0 Å². The molecule has 0 aliphatic carbocycles. The second-order valence-corrected chi connectivity index (χ2v) is 4.94. The van der Waals surface area contributed by atoms with Gasteiger partial charge in [0.15, 0.2) is 5.78 Å². The fourth-order valence-corrected chi connectivity index (χ4v) is 2.58.